The van der Waals surface area contributed by atoms with Gasteiger partial charge < -0.3 is 25.2 Å². The van der Waals surface area contributed by atoms with Gasteiger partial charge in [-0.25, -0.2) is 9.78 Å². The molecule has 0 aliphatic carbocycles. The average Bonchev–Trinajstić information content (AvgIpc) is 3.22. The summed E-state index contributed by atoms with van der Waals surface area (Å²) in [5.74, 6) is 0.621. The Labute approximate surface area is 200 Å². The number of hydrogen-bond acceptors (Lipinski definition) is 7. The first-order chi connectivity index (χ1) is 13.8. The summed E-state index contributed by atoms with van der Waals surface area (Å²) < 4.78 is 5.44. The topological polar surface area (TPSA) is 90.5 Å². The Hall–Kier alpha value is -1.34. The number of carbonyl (C=O) groups excluding carboxylic acids is 1. The molecule has 1 aromatic heterocycles. The van der Waals surface area contributed by atoms with Crippen molar-refractivity contribution in [2.45, 2.75) is 26.4 Å². The van der Waals surface area contributed by atoms with Gasteiger partial charge in [0.05, 0.1) is 6.54 Å². The van der Waals surface area contributed by atoms with Crippen LogP contribution in [-0.4, -0.2) is 103 Å². The van der Waals surface area contributed by atoms with Gasteiger partial charge in [-0.3, -0.25) is 9.89 Å². The number of piperazine rings is 2. The lowest BCUT2D eigenvalue weighted by Gasteiger charge is -2.36. The van der Waals surface area contributed by atoms with Crippen LogP contribution in [0.25, 0.3) is 0 Å². The van der Waals surface area contributed by atoms with E-state index < -0.39 is 5.60 Å². The van der Waals surface area contributed by atoms with Crippen LogP contribution in [-0.2, 0) is 4.74 Å². The van der Waals surface area contributed by atoms with E-state index in [1.165, 1.54) is 0 Å². The number of anilines is 1. The molecular formula is C19H34IN7O2S. The van der Waals surface area contributed by atoms with E-state index >= 15 is 0 Å². The minimum atomic E-state index is -0.452. The number of nitrogens with two attached hydrogens (primary N) is 1. The lowest BCUT2D eigenvalue weighted by atomic mass is 10.2. The van der Waals surface area contributed by atoms with Crippen LogP contribution >= 0.6 is 35.3 Å². The summed E-state index contributed by atoms with van der Waals surface area (Å²) in [5.41, 5.74) is 5.75. The van der Waals surface area contributed by atoms with Crippen LogP contribution in [0.3, 0.4) is 0 Å². The normalized spacial score (nSPS) is 18.9. The monoisotopic (exact) mass is 551 g/mol. The lowest BCUT2D eigenvalue weighted by Crippen LogP contribution is -2.52. The molecule has 2 saturated heterocycles. The number of hydrogen-bond donors (Lipinski definition) is 1. The van der Waals surface area contributed by atoms with Crippen LogP contribution in [0.15, 0.2) is 16.6 Å². The van der Waals surface area contributed by atoms with Crippen molar-refractivity contribution in [1.29, 1.82) is 0 Å². The van der Waals surface area contributed by atoms with Crippen LogP contribution < -0.4 is 10.6 Å². The molecule has 0 spiro atoms. The second kappa shape index (κ2) is 11.3. The highest BCUT2D eigenvalue weighted by atomic mass is 127. The molecule has 2 aliphatic heterocycles. The fraction of sp³-hybridized carbons (Fsp3) is 0.737. The van der Waals surface area contributed by atoms with Crippen molar-refractivity contribution in [2.75, 3.05) is 70.3 Å². The smallest absolute Gasteiger partial charge is 0.410 e. The van der Waals surface area contributed by atoms with E-state index in [-0.39, 0.29) is 30.1 Å². The Kier molecular flexibility index (Phi) is 9.41. The second-order valence-corrected chi connectivity index (χ2v) is 9.21. The van der Waals surface area contributed by atoms with E-state index in [2.05, 4.69) is 24.7 Å². The number of aliphatic imine (C=N–C) groups is 1. The zero-order chi connectivity index (χ0) is 20.9. The van der Waals surface area contributed by atoms with Gasteiger partial charge in [0.2, 0.25) is 0 Å². The quantitative estimate of drug-likeness (QED) is 0.347. The van der Waals surface area contributed by atoms with Gasteiger partial charge in [-0.15, -0.1) is 35.3 Å². The highest BCUT2D eigenvalue weighted by Crippen LogP contribution is 2.18. The number of aromatic nitrogens is 1. The van der Waals surface area contributed by atoms with Gasteiger partial charge in [0.25, 0.3) is 0 Å². The minimum absolute atomic E-state index is 0. The lowest BCUT2D eigenvalue weighted by molar-refractivity contribution is 0.0148. The van der Waals surface area contributed by atoms with E-state index in [4.69, 9.17) is 10.5 Å². The molecule has 11 heteroatoms. The molecule has 0 unspecified atom stereocenters. The molecule has 2 aliphatic rings. The van der Waals surface area contributed by atoms with E-state index in [9.17, 15) is 4.79 Å². The van der Waals surface area contributed by atoms with Crippen LogP contribution in [0.5, 0.6) is 0 Å². The summed E-state index contributed by atoms with van der Waals surface area (Å²) in [7, 11) is 0. The van der Waals surface area contributed by atoms with Crippen LogP contribution in [0, 0.1) is 0 Å². The van der Waals surface area contributed by atoms with E-state index in [1.807, 2.05) is 32.3 Å². The number of thiazole rings is 1. The minimum Gasteiger partial charge on any atom is -0.444 e. The van der Waals surface area contributed by atoms with Crippen molar-refractivity contribution in [1.82, 2.24) is 19.7 Å². The Balaban J connectivity index is 0.00000320. The molecule has 0 atom stereocenters. The summed E-state index contributed by atoms with van der Waals surface area (Å²) in [4.78, 5) is 29.6. The molecule has 3 heterocycles. The van der Waals surface area contributed by atoms with Crippen molar-refractivity contribution in [3.05, 3.63) is 11.6 Å². The fourth-order valence-electron chi connectivity index (χ4n) is 3.39. The Morgan fingerprint density at radius 3 is 2.33 bits per heavy atom. The summed E-state index contributed by atoms with van der Waals surface area (Å²) in [6, 6.07) is 0. The van der Waals surface area contributed by atoms with Gasteiger partial charge in [0.15, 0.2) is 11.1 Å². The molecule has 2 fully saturated rings. The Morgan fingerprint density at radius 2 is 1.77 bits per heavy atom. The second-order valence-electron chi connectivity index (χ2n) is 8.34. The first-order valence-electron chi connectivity index (χ1n) is 10.2. The number of halogens is 1. The Morgan fingerprint density at radius 1 is 1.13 bits per heavy atom. The molecule has 30 heavy (non-hydrogen) atoms. The summed E-state index contributed by atoms with van der Waals surface area (Å²) in [5, 5.41) is 3.08. The number of amides is 1. The first kappa shape index (κ1) is 24.9. The summed E-state index contributed by atoms with van der Waals surface area (Å²) >= 11 is 1.67. The van der Waals surface area contributed by atoms with E-state index in [0.717, 1.165) is 50.9 Å². The highest BCUT2D eigenvalue weighted by Gasteiger charge is 2.25. The summed E-state index contributed by atoms with van der Waals surface area (Å²) in [6.45, 7) is 13.8. The molecule has 3 rings (SSSR count). The van der Waals surface area contributed by atoms with E-state index in [0.29, 0.717) is 25.6 Å². The fourth-order valence-corrected chi connectivity index (χ4v) is 4.08. The van der Waals surface area contributed by atoms with Crippen LogP contribution in [0.2, 0.25) is 0 Å². The number of rotatable bonds is 4. The van der Waals surface area contributed by atoms with Crippen LogP contribution in [0.4, 0.5) is 9.93 Å². The standard InChI is InChI=1S/C19H33N7O2S.HI/c1-19(2,3)28-18(27)26-9-7-23(8-10-26)6-4-21-16(20)24-11-13-25(14-12-24)17-22-5-15-29-17;/h5,15H,4,6-14H2,1-3H3,(H2,20,21);1H. The molecule has 0 aromatic carbocycles. The van der Waals surface area contributed by atoms with Gasteiger partial charge in [0.1, 0.15) is 5.60 Å². The molecular weight excluding hydrogens is 517 g/mol. The number of carbonyl (C=O) groups is 1. The van der Waals surface area contributed by atoms with Crippen LogP contribution in [0.1, 0.15) is 20.8 Å². The molecule has 0 saturated carbocycles. The number of guanidine groups is 1. The van der Waals surface area contributed by atoms with Gasteiger partial charge in [0, 0.05) is 70.5 Å². The maximum atomic E-state index is 12.1. The molecule has 0 radical (unpaired) electrons. The maximum absolute atomic E-state index is 12.1. The molecule has 1 amide bonds. The van der Waals surface area contributed by atoms with Gasteiger partial charge in [-0.2, -0.15) is 0 Å². The van der Waals surface area contributed by atoms with Crippen molar-refractivity contribution in [3.63, 3.8) is 0 Å². The zero-order valence-electron chi connectivity index (χ0n) is 18.1. The summed E-state index contributed by atoms with van der Waals surface area (Å²) in [6.07, 6.45) is 1.62. The van der Waals surface area contributed by atoms with Crippen molar-refractivity contribution in [3.8, 4) is 0 Å². The third kappa shape index (κ3) is 7.41. The molecule has 2 N–H and O–H groups in total. The molecule has 1 aromatic rings. The first-order valence-corrected chi connectivity index (χ1v) is 11.1. The molecule has 9 nitrogen and oxygen atoms in total. The van der Waals surface area contributed by atoms with E-state index in [1.54, 1.807) is 16.2 Å². The van der Waals surface area contributed by atoms with Gasteiger partial charge >= 0.3 is 6.09 Å². The average molecular weight is 551 g/mol. The zero-order valence-corrected chi connectivity index (χ0v) is 21.3. The van der Waals surface area contributed by atoms with Crippen molar-refractivity contribution in [2.24, 2.45) is 10.7 Å². The highest BCUT2D eigenvalue weighted by molar-refractivity contribution is 14.0. The predicted octanol–water partition coefficient (Wildman–Crippen LogP) is 1.75. The maximum Gasteiger partial charge on any atom is 0.410 e. The Bertz CT molecular complexity index is 680. The third-order valence-corrected chi connectivity index (χ3v) is 5.84. The SMILES string of the molecule is CC(C)(C)OC(=O)N1CCN(CCN=C(N)N2CCN(c3nccs3)CC2)CC1.I. The molecule has 170 valence electrons. The predicted molar refractivity (Wildman–Crippen MR) is 132 cm³/mol. The van der Waals surface area contributed by atoms with Crippen molar-refractivity contribution >= 4 is 52.5 Å². The number of ether oxygens (including phenoxy) is 1. The molecule has 0 bridgehead atoms. The van der Waals surface area contributed by atoms with Gasteiger partial charge in [-0.1, -0.05) is 0 Å². The van der Waals surface area contributed by atoms with Crippen molar-refractivity contribution < 1.29 is 9.53 Å². The largest absolute Gasteiger partial charge is 0.444 e. The van der Waals surface area contributed by atoms with Gasteiger partial charge in [-0.05, 0) is 20.8 Å². The number of nitrogens with zero attached hydrogens (tertiary/aromatic N) is 6. The third-order valence-electron chi connectivity index (χ3n) is 5.01.